The molecule has 21 heavy (non-hydrogen) atoms. The molecule has 5 nitrogen and oxygen atoms in total. The summed E-state index contributed by atoms with van der Waals surface area (Å²) in [5.41, 5.74) is 0. The fourth-order valence-electron chi connectivity index (χ4n) is 1.97. The molecule has 2 rings (SSSR count). The molecule has 112 valence electrons. The van der Waals surface area contributed by atoms with Gasteiger partial charge in [-0.1, -0.05) is 18.2 Å². The Labute approximate surface area is 124 Å². The summed E-state index contributed by atoms with van der Waals surface area (Å²) >= 11 is 0. The Balaban J connectivity index is 1.71. The molecule has 0 aliphatic carbocycles. The van der Waals surface area contributed by atoms with Crippen molar-refractivity contribution < 1.29 is 9.53 Å². The van der Waals surface area contributed by atoms with Crippen LogP contribution in [0.25, 0.3) is 0 Å². The maximum Gasteiger partial charge on any atom is 0.225 e. The van der Waals surface area contributed by atoms with Gasteiger partial charge in [-0.2, -0.15) is 5.10 Å². The van der Waals surface area contributed by atoms with Gasteiger partial charge < -0.3 is 10.1 Å². The second-order valence-electron chi connectivity index (χ2n) is 5.07. The van der Waals surface area contributed by atoms with Gasteiger partial charge in [-0.05, 0) is 32.4 Å². The molecular weight excluding hydrogens is 266 g/mol. The molecule has 2 aromatic rings. The second-order valence-corrected chi connectivity index (χ2v) is 5.07. The third-order valence-electron chi connectivity index (χ3n) is 2.99. The summed E-state index contributed by atoms with van der Waals surface area (Å²) in [4.78, 5) is 11.9. The highest BCUT2D eigenvalue weighted by atomic mass is 16.5. The second kappa shape index (κ2) is 7.47. The highest BCUT2D eigenvalue weighted by Gasteiger charge is 2.09. The highest BCUT2D eigenvalue weighted by Crippen LogP contribution is 2.13. The molecule has 0 fully saturated rings. The lowest BCUT2D eigenvalue weighted by molar-refractivity contribution is -0.116. The van der Waals surface area contributed by atoms with Gasteiger partial charge in [0, 0.05) is 18.5 Å². The fourth-order valence-corrected chi connectivity index (χ4v) is 1.97. The SMILES string of the molecule is CC(C)n1nccc1NC(=O)CCCOc1ccccc1. The van der Waals surface area contributed by atoms with E-state index in [1.807, 2.05) is 44.2 Å². The molecular formula is C16H21N3O2. The van der Waals surface area contributed by atoms with E-state index in [1.165, 1.54) is 0 Å². The van der Waals surface area contributed by atoms with Crippen molar-refractivity contribution in [3.63, 3.8) is 0 Å². The summed E-state index contributed by atoms with van der Waals surface area (Å²) in [5, 5.41) is 7.06. The molecule has 1 aromatic carbocycles. The normalized spacial score (nSPS) is 10.6. The third kappa shape index (κ3) is 4.63. The molecule has 0 radical (unpaired) electrons. The fraction of sp³-hybridized carbons (Fsp3) is 0.375. The number of benzene rings is 1. The molecule has 1 heterocycles. The number of rotatable bonds is 7. The van der Waals surface area contributed by atoms with E-state index in [4.69, 9.17) is 4.74 Å². The van der Waals surface area contributed by atoms with Crippen molar-refractivity contribution in [1.82, 2.24) is 9.78 Å². The van der Waals surface area contributed by atoms with Crippen molar-refractivity contribution in [2.75, 3.05) is 11.9 Å². The molecule has 0 saturated heterocycles. The molecule has 5 heteroatoms. The summed E-state index contributed by atoms with van der Waals surface area (Å²) in [6.07, 6.45) is 2.79. The van der Waals surface area contributed by atoms with E-state index in [0.29, 0.717) is 19.4 Å². The van der Waals surface area contributed by atoms with Gasteiger partial charge in [0.1, 0.15) is 11.6 Å². The van der Waals surface area contributed by atoms with Crippen LogP contribution in [-0.2, 0) is 4.79 Å². The molecule has 0 bridgehead atoms. The molecule has 0 aliphatic heterocycles. The van der Waals surface area contributed by atoms with E-state index in [1.54, 1.807) is 16.9 Å². The van der Waals surface area contributed by atoms with Crippen LogP contribution in [0.4, 0.5) is 5.82 Å². The Morgan fingerprint density at radius 2 is 2.05 bits per heavy atom. The molecule has 0 spiro atoms. The van der Waals surface area contributed by atoms with E-state index >= 15 is 0 Å². The quantitative estimate of drug-likeness (QED) is 0.795. The minimum absolute atomic E-state index is 0.0194. The van der Waals surface area contributed by atoms with Gasteiger partial charge >= 0.3 is 0 Å². The predicted octanol–water partition coefficient (Wildman–Crippen LogP) is 3.26. The minimum atomic E-state index is -0.0194. The average molecular weight is 287 g/mol. The molecule has 1 amide bonds. The maximum atomic E-state index is 11.9. The van der Waals surface area contributed by atoms with Crippen molar-refractivity contribution in [1.29, 1.82) is 0 Å². The number of para-hydroxylation sites is 1. The number of amides is 1. The Bertz CT molecular complexity index is 564. The Kier molecular flexibility index (Phi) is 5.37. The first kappa shape index (κ1) is 15.1. The smallest absolute Gasteiger partial charge is 0.225 e. The molecule has 0 aliphatic rings. The zero-order chi connectivity index (χ0) is 15.1. The van der Waals surface area contributed by atoms with Crippen LogP contribution in [0.1, 0.15) is 32.7 Å². The van der Waals surface area contributed by atoms with Crippen molar-refractivity contribution >= 4 is 11.7 Å². The van der Waals surface area contributed by atoms with Gasteiger partial charge in [0.25, 0.3) is 0 Å². The predicted molar refractivity (Wildman–Crippen MR) is 82.4 cm³/mol. The number of hydrogen-bond donors (Lipinski definition) is 1. The number of nitrogens with zero attached hydrogens (tertiary/aromatic N) is 2. The van der Waals surface area contributed by atoms with E-state index in [2.05, 4.69) is 10.4 Å². The van der Waals surface area contributed by atoms with Gasteiger partial charge in [0.2, 0.25) is 5.91 Å². The number of aromatic nitrogens is 2. The van der Waals surface area contributed by atoms with Crippen molar-refractivity contribution in [2.45, 2.75) is 32.7 Å². The number of carbonyl (C=O) groups is 1. The summed E-state index contributed by atoms with van der Waals surface area (Å²) in [6, 6.07) is 11.6. The molecule has 1 N–H and O–H groups in total. The first-order chi connectivity index (χ1) is 10.2. The van der Waals surface area contributed by atoms with Crippen LogP contribution in [0.3, 0.4) is 0 Å². The number of hydrogen-bond acceptors (Lipinski definition) is 3. The minimum Gasteiger partial charge on any atom is -0.494 e. The number of anilines is 1. The van der Waals surface area contributed by atoms with Gasteiger partial charge in [-0.3, -0.25) is 4.79 Å². The number of carbonyl (C=O) groups excluding carboxylic acids is 1. The molecule has 0 unspecified atom stereocenters. The lowest BCUT2D eigenvalue weighted by atomic mass is 10.3. The van der Waals surface area contributed by atoms with Crippen LogP contribution in [0.5, 0.6) is 5.75 Å². The lowest BCUT2D eigenvalue weighted by Crippen LogP contribution is -2.17. The van der Waals surface area contributed by atoms with Crippen LogP contribution < -0.4 is 10.1 Å². The van der Waals surface area contributed by atoms with E-state index in [0.717, 1.165) is 11.6 Å². The Morgan fingerprint density at radius 3 is 2.76 bits per heavy atom. The summed E-state index contributed by atoms with van der Waals surface area (Å²) in [6.45, 7) is 4.58. The Hall–Kier alpha value is -2.30. The molecule has 0 atom stereocenters. The van der Waals surface area contributed by atoms with Crippen LogP contribution in [0.15, 0.2) is 42.6 Å². The standard InChI is InChI=1S/C16H21N3O2/c1-13(2)19-15(10-11-17-19)18-16(20)9-6-12-21-14-7-4-3-5-8-14/h3-5,7-8,10-11,13H,6,9,12H2,1-2H3,(H,18,20). The van der Waals surface area contributed by atoms with Gasteiger partial charge in [0.15, 0.2) is 0 Å². The van der Waals surface area contributed by atoms with Crippen LogP contribution in [-0.4, -0.2) is 22.3 Å². The number of ether oxygens (including phenoxy) is 1. The van der Waals surface area contributed by atoms with Crippen LogP contribution in [0.2, 0.25) is 0 Å². The maximum absolute atomic E-state index is 11.9. The van der Waals surface area contributed by atoms with Gasteiger partial charge in [-0.15, -0.1) is 0 Å². The Morgan fingerprint density at radius 1 is 1.29 bits per heavy atom. The molecule has 1 aromatic heterocycles. The largest absolute Gasteiger partial charge is 0.494 e. The van der Waals surface area contributed by atoms with Crippen LogP contribution in [0, 0.1) is 0 Å². The highest BCUT2D eigenvalue weighted by molar-refractivity contribution is 5.89. The van der Waals surface area contributed by atoms with Crippen molar-refractivity contribution in [3.8, 4) is 5.75 Å². The van der Waals surface area contributed by atoms with Gasteiger partial charge in [0.05, 0.1) is 12.8 Å². The van der Waals surface area contributed by atoms with Gasteiger partial charge in [-0.25, -0.2) is 4.68 Å². The summed E-state index contributed by atoms with van der Waals surface area (Å²) in [7, 11) is 0. The third-order valence-corrected chi connectivity index (χ3v) is 2.99. The lowest BCUT2D eigenvalue weighted by Gasteiger charge is -2.11. The van der Waals surface area contributed by atoms with Crippen molar-refractivity contribution in [3.05, 3.63) is 42.6 Å². The summed E-state index contributed by atoms with van der Waals surface area (Å²) in [5.74, 6) is 1.55. The number of nitrogens with one attached hydrogen (secondary N) is 1. The van der Waals surface area contributed by atoms with E-state index < -0.39 is 0 Å². The summed E-state index contributed by atoms with van der Waals surface area (Å²) < 4.78 is 7.35. The van der Waals surface area contributed by atoms with E-state index in [-0.39, 0.29) is 11.9 Å². The van der Waals surface area contributed by atoms with Crippen molar-refractivity contribution in [2.24, 2.45) is 0 Å². The first-order valence-electron chi connectivity index (χ1n) is 7.18. The topological polar surface area (TPSA) is 56.2 Å². The van der Waals surface area contributed by atoms with Crippen LogP contribution >= 0.6 is 0 Å². The molecule has 0 saturated carbocycles. The monoisotopic (exact) mass is 287 g/mol. The zero-order valence-electron chi connectivity index (χ0n) is 12.5. The van der Waals surface area contributed by atoms with E-state index in [9.17, 15) is 4.79 Å². The first-order valence-corrected chi connectivity index (χ1v) is 7.18. The zero-order valence-corrected chi connectivity index (χ0v) is 12.5. The average Bonchev–Trinajstić information content (AvgIpc) is 2.93.